The molecule has 0 bridgehead atoms. The Hall–Kier alpha value is -4.72. The largest absolute Gasteiger partial charge is 0.481 e. The Morgan fingerprint density at radius 3 is 1.54 bits per heavy atom. The van der Waals surface area contributed by atoms with E-state index in [4.69, 9.17) is 16.6 Å². The number of hydrogen-bond donors (Lipinski definition) is 15. The van der Waals surface area contributed by atoms with Gasteiger partial charge in [0.25, 0.3) is 0 Å². The molecule has 0 aromatic heterocycles. The molecule has 0 rings (SSSR count). The van der Waals surface area contributed by atoms with E-state index in [-0.39, 0.29) is 30.3 Å². The summed E-state index contributed by atoms with van der Waals surface area (Å²) in [4.78, 5) is 124. The number of carboxylic acid groups (broad SMARTS) is 2. The molecule has 0 aliphatic carbocycles. The molecule has 0 fully saturated rings. The Kier molecular flexibility index (Phi) is 25.5. The minimum Gasteiger partial charge on any atom is -0.481 e. The van der Waals surface area contributed by atoms with Crippen LogP contribution in [0.1, 0.15) is 52.9 Å². The molecule has 0 aliphatic heterocycles. The first kappa shape index (κ1) is 52.3. The highest BCUT2D eigenvalue weighted by atomic mass is 32.1. The fraction of sp³-hybridized carbons (Fsp3) is 0.688. The van der Waals surface area contributed by atoms with E-state index in [1.807, 2.05) is 0 Å². The lowest BCUT2D eigenvalue weighted by atomic mass is 10.0. The fourth-order valence-electron chi connectivity index (χ4n) is 4.65. The average Bonchev–Trinajstić information content (AvgIpc) is 3.13. The monoisotopic (exact) mass is 852 g/mol. The molecule has 0 unspecified atom stereocenters. The molecule has 0 heterocycles. The third kappa shape index (κ3) is 22.0. The fourth-order valence-corrected chi connectivity index (χ4v) is 5.06. The van der Waals surface area contributed by atoms with Crippen LogP contribution in [0.2, 0.25) is 0 Å². The van der Waals surface area contributed by atoms with Crippen LogP contribution in [0.3, 0.4) is 0 Å². The molecular weight excluding hydrogens is 797 g/mol. The van der Waals surface area contributed by atoms with Gasteiger partial charge in [-0.1, -0.05) is 13.8 Å². The minimum absolute atomic E-state index is 0.0152. The van der Waals surface area contributed by atoms with Crippen molar-refractivity contribution in [1.82, 2.24) is 42.5 Å². The maximum Gasteiger partial charge on any atom is 0.327 e. The molecule has 0 aliphatic rings. The Labute approximate surface area is 339 Å². The highest BCUT2D eigenvalue weighted by Crippen LogP contribution is 2.07. The number of amides is 8. The smallest absolute Gasteiger partial charge is 0.327 e. The maximum absolute atomic E-state index is 13.3. The SMILES string of the molecule is CC(C)C[C@H](NC(=O)[C@H](CC(=O)O)NC(=O)[C@@H](NC(=O)CNC(=O)[C@H](CCCCN)NC(=O)CNC(=O)[C@@H](N)CS)[C@@H](C)O)C(=O)NCC(=O)N[C@@H](CS)C(=O)O. The molecule has 0 aromatic carbocycles. The number of nitrogens with two attached hydrogens (primary N) is 2. The predicted molar refractivity (Wildman–Crippen MR) is 208 cm³/mol. The topological polar surface area (TPSA) is 380 Å². The highest BCUT2D eigenvalue weighted by Gasteiger charge is 2.33. The van der Waals surface area contributed by atoms with Gasteiger partial charge in [0, 0.05) is 11.5 Å². The van der Waals surface area contributed by atoms with Gasteiger partial charge >= 0.3 is 11.9 Å². The van der Waals surface area contributed by atoms with E-state index in [9.17, 15) is 58.2 Å². The van der Waals surface area contributed by atoms with Crippen molar-refractivity contribution < 1.29 is 63.3 Å². The number of carboxylic acids is 2. The predicted octanol–water partition coefficient (Wildman–Crippen LogP) is -5.94. The number of thiol groups is 2. The Bertz CT molecular complexity index is 1420. The van der Waals surface area contributed by atoms with Gasteiger partial charge in [0.1, 0.15) is 30.2 Å². The van der Waals surface area contributed by atoms with Crippen LogP contribution in [0.4, 0.5) is 0 Å². The van der Waals surface area contributed by atoms with Gasteiger partial charge in [-0.05, 0) is 45.1 Å². The number of unbranched alkanes of at least 4 members (excludes halogenated alkanes) is 1. The summed E-state index contributed by atoms with van der Waals surface area (Å²) in [6.07, 6.45) is -1.64. The van der Waals surface area contributed by atoms with Gasteiger partial charge in [0.2, 0.25) is 47.3 Å². The summed E-state index contributed by atoms with van der Waals surface area (Å²) >= 11 is 7.74. The van der Waals surface area contributed by atoms with Crippen LogP contribution in [0.25, 0.3) is 0 Å². The molecular formula is C32H56N10O13S2. The lowest BCUT2D eigenvalue weighted by Crippen LogP contribution is -2.60. The van der Waals surface area contributed by atoms with Crippen LogP contribution < -0.4 is 54.0 Å². The average molecular weight is 853 g/mol. The van der Waals surface area contributed by atoms with Crippen molar-refractivity contribution in [2.45, 2.75) is 95.2 Å². The maximum atomic E-state index is 13.3. The van der Waals surface area contributed by atoms with Gasteiger partial charge in [-0.2, -0.15) is 25.3 Å². The van der Waals surface area contributed by atoms with Crippen molar-refractivity contribution in [3.63, 3.8) is 0 Å². The number of nitrogens with one attached hydrogen (secondary N) is 8. The summed E-state index contributed by atoms with van der Waals surface area (Å²) in [5.74, 6) is -10.7. The first-order chi connectivity index (χ1) is 26.7. The second kappa shape index (κ2) is 27.8. The van der Waals surface area contributed by atoms with Crippen LogP contribution in [-0.2, 0) is 47.9 Å². The molecule has 0 saturated carbocycles. The summed E-state index contributed by atoms with van der Waals surface area (Å²) in [6.45, 7) is 2.84. The number of hydrogen-bond acceptors (Lipinski definition) is 15. The molecule has 324 valence electrons. The van der Waals surface area contributed by atoms with E-state index in [1.54, 1.807) is 13.8 Å². The molecule has 8 amide bonds. The van der Waals surface area contributed by atoms with E-state index in [1.165, 1.54) is 0 Å². The van der Waals surface area contributed by atoms with E-state index in [0.717, 1.165) is 6.92 Å². The summed E-state index contributed by atoms with van der Waals surface area (Å²) in [5, 5.41) is 46.9. The van der Waals surface area contributed by atoms with Crippen molar-refractivity contribution >= 4 is 84.5 Å². The molecule has 57 heavy (non-hydrogen) atoms. The first-order valence-electron chi connectivity index (χ1n) is 17.8. The highest BCUT2D eigenvalue weighted by molar-refractivity contribution is 7.80. The van der Waals surface area contributed by atoms with Crippen LogP contribution in [0.5, 0.6) is 0 Å². The number of aliphatic hydroxyl groups excluding tert-OH is 1. The van der Waals surface area contributed by atoms with Crippen molar-refractivity contribution in [3.8, 4) is 0 Å². The third-order valence-corrected chi connectivity index (χ3v) is 8.41. The number of aliphatic carboxylic acids is 2. The third-order valence-electron chi connectivity index (χ3n) is 7.65. The first-order valence-corrected chi connectivity index (χ1v) is 19.1. The zero-order valence-corrected chi connectivity index (χ0v) is 33.7. The van der Waals surface area contributed by atoms with Crippen molar-refractivity contribution in [1.29, 1.82) is 0 Å². The van der Waals surface area contributed by atoms with E-state index in [2.05, 4.69) is 67.8 Å². The van der Waals surface area contributed by atoms with Gasteiger partial charge < -0.3 is 69.3 Å². The van der Waals surface area contributed by atoms with Gasteiger partial charge in [0.15, 0.2) is 0 Å². The molecule has 23 nitrogen and oxygen atoms in total. The van der Waals surface area contributed by atoms with E-state index in [0.29, 0.717) is 19.4 Å². The normalized spacial score (nSPS) is 14.5. The lowest BCUT2D eigenvalue weighted by molar-refractivity contribution is -0.142. The summed E-state index contributed by atoms with van der Waals surface area (Å²) in [6, 6.07) is -8.45. The molecule has 0 radical (unpaired) electrons. The van der Waals surface area contributed by atoms with Crippen LogP contribution in [0, 0.1) is 5.92 Å². The van der Waals surface area contributed by atoms with Gasteiger partial charge in [-0.15, -0.1) is 0 Å². The van der Waals surface area contributed by atoms with Crippen LogP contribution in [0.15, 0.2) is 0 Å². The number of rotatable bonds is 28. The standard InChI is InChI=1S/C32H56N10O13S2/c1-15(2)8-19(29(51)37-11-23(45)39-21(14-57)32(54)55)40-30(52)20(9-25(47)48)41-31(53)26(16(3)43)42-24(46)12-36-28(50)18(6-4-5-7-33)38-22(44)10-35-27(49)17(34)13-56/h15-21,26,43,56-57H,4-14,33-34H2,1-3H3,(H,35,49)(H,36,50)(H,37,51)(H,38,44)(H,39,45)(H,40,52)(H,41,53)(H,42,46)(H,47,48)(H,54,55)/t16-,17+,18+,19+,20+,21+,26+/m1/s1. The van der Waals surface area contributed by atoms with Gasteiger partial charge in [0.05, 0.1) is 38.2 Å². The Morgan fingerprint density at radius 1 is 0.596 bits per heavy atom. The van der Waals surface area contributed by atoms with Gasteiger partial charge in [-0.3, -0.25) is 43.2 Å². The van der Waals surface area contributed by atoms with Crippen molar-refractivity contribution in [3.05, 3.63) is 0 Å². The Balaban J connectivity index is 5.69. The number of carbonyl (C=O) groups excluding carboxylic acids is 8. The van der Waals surface area contributed by atoms with Gasteiger partial charge in [-0.25, -0.2) is 4.79 Å². The van der Waals surface area contributed by atoms with Crippen LogP contribution >= 0.6 is 25.3 Å². The molecule has 25 heteroatoms. The summed E-state index contributed by atoms with van der Waals surface area (Å²) in [7, 11) is 0. The molecule has 15 N–H and O–H groups in total. The quantitative estimate of drug-likeness (QED) is 0.0257. The molecule has 7 atom stereocenters. The zero-order chi connectivity index (χ0) is 43.8. The number of aliphatic hydroxyl groups is 1. The molecule has 0 aromatic rings. The van der Waals surface area contributed by atoms with Crippen molar-refractivity contribution in [2.75, 3.05) is 37.7 Å². The Morgan fingerprint density at radius 2 is 1.09 bits per heavy atom. The van der Waals surface area contributed by atoms with Crippen LogP contribution in [-0.4, -0.2) is 155 Å². The lowest BCUT2D eigenvalue weighted by Gasteiger charge is -2.26. The minimum atomic E-state index is -1.85. The molecule has 0 spiro atoms. The molecule has 0 saturated heterocycles. The second-order valence-corrected chi connectivity index (χ2v) is 13.9. The summed E-state index contributed by atoms with van der Waals surface area (Å²) in [5.41, 5.74) is 11.1. The second-order valence-electron chi connectivity index (χ2n) is 13.1. The summed E-state index contributed by atoms with van der Waals surface area (Å²) < 4.78 is 0. The zero-order valence-electron chi connectivity index (χ0n) is 31.9. The van der Waals surface area contributed by atoms with Crippen molar-refractivity contribution in [2.24, 2.45) is 17.4 Å². The van der Waals surface area contributed by atoms with E-state index >= 15 is 0 Å². The van der Waals surface area contributed by atoms with E-state index < -0.39 is 128 Å². The number of carbonyl (C=O) groups is 10.